The maximum absolute atomic E-state index is 11.6. The van der Waals surface area contributed by atoms with E-state index in [9.17, 15) is 4.79 Å². The SMILES string of the molecule is N#CCC(=O)Nc1cccc(-c2cnn(-c3ccnc4[nH]ccc34)c2)c1. The van der Waals surface area contributed by atoms with E-state index in [1.807, 2.05) is 48.8 Å². The molecule has 0 fully saturated rings. The van der Waals surface area contributed by atoms with Crippen molar-refractivity contribution in [1.82, 2.24) is 19.7 Å². The molecule has 126 valence electrons. The van der Waals surface area contributed by atoms with E-state index >= 15 is 0 Å². The van der Waals surface area contributed by atoms with Crippen LogP contribution in [0.5, 0.6) is 0 Å². The molecule has 0 spiro atoms. The number of aromatic amines is 1. The fraction of sp³-hybridized carbons (Fsp3) is 0.0526. The molecule has 2 N–H and O–H groups in total. The van der Waals surface area contributed by atoms with Crippen LogP contribution in [0.3, 0.4) is 0 Å². The Labute approximate surface area is 148 Å². The molecule has 0 atom stereocenters. The average molecular weight is 342 g/mol. The summed E-state index contributed by atoms with van der Waals surface area (Å²) in [4.78, 5) is 19.0. The van der Waals surface area contributed by atoms with Gasteiger partial charge in [-0.25, -0.2) is 9.67 Å². The van der Waals surface area contributed by atoms with Crippen LogP contribution >= 0.6 is 0 Å². The fourth-order valence-corrected chi connectivity index (χ4v) is 2.80. The van der Waals surface area contributed by atoms with Gasteiger partial charge >= 0.3 is 0 Å². The molecule has 3 aromatic heterocycles. The van der Waals surface area contributed by atoms with Crippen LogP contribution in [0, 0.1) is 11.3 Å². The summed E-state index contributed by atoms with van der Waals surface area (Å²) in [5, 5.41) is 16.7. The fourth-order valence-electron chi connectivity index (χ4n) is 2.80. The third-order valence-corrected chi connectivity index (χ3v) is 3.99. The zero-order valence-corrected chi connectivity index (χ0v) is 13.7. The minimum atomic E-state index is -0.327. The molecule has 0 aliphatic rings. The Morgan fingerprint density at radius 3 is 3.08 bits per heavy atom. The Morgan fingerprint density at radius 2 is 2.19 bits per heavy atom. The van der Waals surface area contributed by atoms with E-state index in [0.717, 1.165) is 27.8 Å². The highest BCUT2D eigenvalue weighted by Gasteiger charge is 2.09. The first kappa shape index (κ1) is 15.6. The maximum Gasteiger partial charge on any atom is 0.238 e. The quantitative estimate of drug-likeness (QED) is 0.594. The molecule has 1 aromatic carbocycles. The summed E-state index contributed by atoms with van der Waals surface area (Å²) in [7, 11) is 0. The number of hydrogen-bond donors (Lipinski definition) is 2. The molecule has 3 heterocycles. The van der Waals surface area contributed by atoms with Gasteiger partial charge in [0.15, 0.2) is 0 Å². The number of benzene rings is 1. The molecule has 0 aliphatic carbocycles. The van der Waals surface area contributed by atoms with Crippen LogP contribution in [-0.2, 0) is 4.79 Å². The summed E-state index contributed by atoms with van der Waals surface area (Å²) < 4.78 is 1.80. The highest BCUT2D eigenvalue weighted by atomic mass is 16.1. The van der Waals surface area contributed by atoms with Gasteiger partial charge in [-0.2, -0.15) is 10.4 Å². The number of carbonyl (C=O) groups excluding carboxylic acids is 1. The van der Waals surface area contributed by atoms with Crippen molar-refractivity contribution < 1.29 is 4.79 Å². The number of amides is 1. The van der Waals surface area contributed by atoms with E-state index in [-0.39, 0.29) is 12.3 Å². The summed E-state index contributed by atoms with van der Waals surface area (Å²) in [5.41, 5.74) is 4.22. The van der Waals surface area contributed by atoms with Gasteiger partial charge in [0.2, 0.25) is 5.91 Å². The van der Waals surface area contributed by atoms with Crippen molar-refractivity contribution in [3.8, 4) is 22.9 Å². The van der Waals surface area contributed by atoms with Crippen molar-refractivity contribution in [1.29, 1.82) is 5.26 Å². The van der Waals surface area contributed by atoms with Gasteiger partial charge < -0.3 is 10.3 Å². The number of pyridine rings is 1. The normalized spacial score (nSPS) is 10.6. The molecule has 4 rings (SSSR count). The summed E-state index contributed by atoms with van der Waals surface area (Å²) >= 11 is 0. The number of rotatable bonds is 4. The van der Waals surface area contributed by atoms with E-state index in [1.165, 1.54) is 0 Å². The molecule has 0 radical (unpaired) electrons. The molecule has 4 aromatic rings. The first-order valence-electron chi connectivity index (χ1n) is 7.99. The van der Waals surface area contributed by atoms with Crippen LogP contribution in [0.25, 0.3) is 27.8 Å². The molecular formula is C19H14N6O. The minimum Gasteiger partial charge on any atom is -0.346 e. The van der Waals surface area contributed by atoms with Gasteiger partial charge in [0.25, 0.3) is 0 Å². The Bertz CT molecular complexity index is 1130. The predicted molar refractivity (Wildman–Crippen MR) is 97.5 cm³/mol. The number of fused-ring (bicyclic) bond motifs is 1. The van der Waals surface area contributed by atoms with Crippen molar-refractivity contribution in [2.45, 2.75) is 6.42 Å². The Hall–Kier alpha value is -3.92. The number of carbonyl (C=O) groups is 1. The minimum absolute atomic E-state index is 0.170. The molecular weight excluding hydrogens is 328 g/mol. The van der Waals surface area contributed by atoms with Crippen molar-refractivity contribution in [3.05, 3.63) is 61.2 Å². The monoisotopic (exact) mass is 342 g/mol. The first-order chi connectivity index (χ1) is 12.7. The number of H-pyrrole nitrogens is 1. The molecule has 0 saturated heterocycles. The number of nitriles is 1. The van der Waals surface area contributed by atoms with E-state index < -0.39 is 0 Å². The van der Waals surface area contributed by atoms with Crippen molar-refractivity contribution >= 4 is 22.6 Å². The highest BCUT2D eigenvalue weighted by molar-refractivity contribution is 5.92. The van der Waals surface area contributed by atoms with Crippen LogP contribution in [0.1, 0.15) is 6.42 Å². The van der Waals surface area contributed by atoms with E-state index in [0.29, 0.717) is 5.69 Å². The van der Waals surface area contributed by atoms with Crippen molar-refractivity contribution in [3.63, 3.8) is 0 Å². The summed E-state index contributed by atoms with van der Waals surface area (Å²) in [6.45, 7) is 0. The predicted octanol–water partition coefficient (Wildman–Crippen LogP) is 3.27. The van der Waals surface area contributed by atoms with Crippen LogP contribution in [0.2, 0.25) is 0 Å². The maximum atomic E-state index is 11.6. The third-order valence-electron chi connectivity index (χ3n) is 3.99. The second-order valence-corrected chi connectivity index (χ2v) is 5.71. The molecule has 0 bridgehead atoms. The Kier molecular flexibility index (Phi) is 3.92. The lowest BCUT2D eigenvalue weighted by Gasteiger charge is -2.05. The molecule has 26 heavy (non-hydrogen) atoms. The van der Waals surface area contributed by atoms with E-state index in [1.54, 1.807) is 23.1 Å². The zero-order chi connectivity index (χ0) is 17.9. The molecule has 1 amide bonds. The van der Waals surface area contributed by atoms with Gasteiger partial charge in [-0.1, -0.05) is 12.1 Å². The smallest absolute Gasteiger partial charge is 0.238 e. The first-order valence-corrected chi connectivity index (χ1v) is 7.99. The number of aromatic nitrogens is 4. The second kappa shape index (κ2) is 6.53. The molecule has 0 unspecified atom stereocenters. The lowest BCUT2D eigenvalue weighted by Crippen LogP contribution is -2.09. The van der Waals surface area contributed by atoms with E-state index in [4.69, 9.17) is 5.26 Å². The Balaban J connectivity index is 1.65. The second-order valence-electron chi connectivity index (χ2n) is 5.71. The van der Waals surface area contributed by atoms with Gasteiger partial charge in [0.05, 0.1) is 18.0 Å². The highest BCUT2D eigenvalue weighted by Crippen LogP contribution is 2.25. The Morgan fingerprint density at radius 1 is 1.27 bits per heavy atom. The van der Waals surface area contributed by atoms with Gasteiger partial charge in [-0.3, -0.25) is 4.79 Å². The van der Waals surface area contributed by atoms with Gasteiger partial charge in [0.1, 0.15) is 12.1 Å². The van der Waals surface area contributed by atoms with Crippen molar-refractivity contribution in [2.75, 3.05) is 5.32 Å². The van der Waals surface area contributed by atoms with Gasteiger partial charge in [-0.15, -0.1) is 0 Å². The lowest BCUT2D eigenvalue weighted by atomic mass is 10.1. The number of nitrogens with one attached hydrogen (secondary N) is 2. The van der Waals surface area contributed by atoms with Crippen LogP contribution in [-0.4, -0.2) is 25.7 Å². The topological polar surface area (TPSA) is 99.4 Å². The molecule has 7 heteroatoms. The lowest BCUT2D eigenvalue weighted by molar-refractivity contribution is -0.115. The third kappa shape index (κ3) is 2.91. The van der Waals surface area contributed by atoms with Crippen LogP contribution in [0.15, 0.2) is 61.2 Å². The number of hydrogen-bond acceptors (Lipinski definition) is 4. The van der Waals surface area contributed by atoms with E-state index in [2.05, 4.69) is 20.4 Å². The average Bonchev–Trinajstić information content (AvgIpc) is 3.31. The molecule has 0 saturated carbocycles. The molecule has 7 nitrogen and oxygen atoms in total. The van der Waals surface area contributed by atoms with Crippen molar-refractivity contribution in [2.24, 2.45) is 0 Å². The van der Waals surface area contributed by atoms with Gasteiger partial charge in [-0.05, 0) is 29.8 Å². The standard InChI is InChI=1S/C19H14N6O/c20-7-4-18(26)24-15-3-1-2-13(10-15)14-11-23-25(12-14)17-6-9-22-19-16(17)5-8-21-19/h1-3,5-6,8-12H,4H2,(H,21,22)(H,24,26). The van der Waals surface area contributed by atoms with Crippen LogP contribution < -0.4 is 5.32 Å². The number of anilines is 1. The number of nitrogens with zero attached hydrogens (tertiary/aromatic N) is 4. The summed E-state index contributed by atoms with van der Waals surface area (Å²) in [5.74, 6) is -0.327. The summed E-state index contributed by atoms with van der Waals surface area (Å²) in [6.07, 6.45) is 7.11. The molecule has 0 aliphatic heterocycles. The summed E-state index contributed by atoms with van der Waals surface area (Å²) in [6, 6.07) is 13.1. The van der Waals surface area contributed by atoms with Crippen LogP contribution in [0.4, 0.5) is 5.69 Å². The largest absolute Gasteiger partial charge is 0.346 e. The van der Waals surface area contributed by atoms with Gasteiger partial charge in [0, 0.05) is 35.2 Å². The zero-order valence-electron chi connectivity index (χ0n) is 13.7.